The number of benzene rings is 1. The summed E-state index contributed by atoms with van der Waals surface area (Å²) in [6, 6.07) is 4.46. The number of rotatable bonds is 4. The molecule has 3 aliphatic rings. The van der Waals surface area contributed by atoms with Crippen LogP contribution in [0, 0.1) is 5.82 Å². The van der Waals surface area contributed by atoms with Gasteiger partial charge in [0.2, 0.25) is 0 Å². The molecule has 3 heterocycles. The number of nitrogens with zero attached hydrogens (tertiary/aromatic N) is 2. The summed E-state index contributed by atoms with van der Waals surface area (Å²) in [6.07, 6.45) is 0.642. The number of aromatic nitrogens is 1. The zero-order valence-corrected chi connectivity index (χ0v) is 15.5. The van der Waals surface area contributed by atoms with Crippen molar-refractivity contribution in [1.82, 2.24) is 5.16 Å². The van der Waals surface area contributed by atoms with Crippen molar-refractivity contribution >= 4 is 11.8 Å². The second kappa shape index (κ2) is 7.00. The SMILES string of the molecule is O=C1OC(COc2ccon2)[C@@H]2Cc3cc(C4CC[C@@H](O)C(O)C4)c(F)cc3N12. The van der Waals surface area contributed by atoms with Crippen LogP contribution in [0.15, 0.2) is 29.0 Å². The van der Waals surface area contributed by atoms with E-state index in [-0.39, 0.29) is 18.6 Å². The first-order chi connectivity index (χ1) is 14.0. The fourth-order valence-electron chi connectivity index (χ4n) is 4.62. The molecule has 2 N–H and O–H groups in total. The molecule has 8 nitrogen and oxygen atoms in total. The highest BCUT2D eigenvalue weighted by Crippen LogP contribution is 2.43. The summed E-state index contributed by atoms with van der Waals surface area (Å²) in [4.78, 5) is 13.9. The van der Waals surface area contributed by atoms with Gasteiger partial charge in [-0.05, 0) is 54.0 Å². The first-order valence-electron chi connectivity index (χ1n) is 9.72. The third-order valence-corrected chi connectivity index (χ3v) is 6.13. The maximum Gasteiger partial charge on any atom is 0.415 e. The van der Waals surface area contributed by atoms with Gasteiger partial charge in [-0.25, -0.2) is 9.18 Å². The van der Waals surface area contributed by atoms with E-state index < -0.39 is 30.2 Å². The Morgan fingerprint density at radius 1 is 1.28 bits per heavy atom. The molecule has 1 aromatic carbocycles. The number of aliphatic hydroxyl groups is 2. The largest absolute Gasteiger partial charge is 0.471 e. The molecule has 5 rings (SSSR count). The standard InChI is InChI=1S/C20H21FN2O6/c21-13-8-14-11(5-12(13)10-1-2-16(24)17(25)7-10)6-15-18(29-20(26)23(14)15)9-27-19-3-4-28-22-19/h3-5,8,10,15-18,24-25H,1-2,6-7,9H2/t10?,15-,16+,17?,18?/m0/s1. The van der Waals surface area contributed by atoms with Gasteiger partial charge in [-0.2, -0.15) is 0 Å². The molecule has 3 unspecified atom stereocenters. The minimum Gasteiger partial charge on any atom is -0.471 e. The molecule has 1 amide bonds. The van der Waals surface area contributed by atoms with Crippen LogP contribution in [0.1, 0.15) is 36.3 Å². The Labute approximate surface area is 165 Å². The van der Waals surface area contributed by atoms with Crippen molar-refractivity contribution in [2.24, 2.45) is 0 Å². The minimum absolute atomic E-state index is 0.121. The molecule has 2 aliphatic heterocycles. The van der Waals surface area contributed by atoms with Gasteiger partial charge in [-0.15, -0.1) is 0 Å². The van der Waals surface area contributed by atoms with Gasteiger partial charge in [-0.1, -0.05) is 6.07 Å². The highest BCUT2D eigenvalue weighted by atomic mass is 19.1. The molecule has 29 heavy (non-hydrogen) atoms. The van der Waals surface area contributed by atoms with Gasteiger partial charge in [0.1, 0.15) is 18.7 Å². The molecular formula is C20H21FN2O6. The van der Waals surface area contributed by atoms with Gasteiger partial charge in [0.05, 0.1) is 23.9 Å². The molecule has 2 fully saturated rings. The normalized spacial score (nSPS) is 30.8. The van der Waals surface area contributed by atoms with Crippen molar-refractivity contribution in [3.8, 4) is 5.88 Å². The Morgan fingerprint density at radius 3 is 2.90 bits per heavy atom. The zero-order valence-electron chi connectivity index (χ0n) is 15.5. The maximum absolute atomic E-state index is 14.9. The summed E-state index contributed by atoms with van der Waals surface area (Å²) in [5.74, 6) is -0.262. The van der Waals surface area contributed by atoms with Gasteiger partial charge >= 0.3 is 6.09 Å². The van der Waals surface area contributed by atoms with Gasteiger partial charge in [0, 0.05) is 6.07 Å². The predicted molar refractivity (Wildman–Crippen MR) is 97.2 cm³/mol. The van der Waals surface area contributed by atoms with E-state index in [4.69, 9.17) is 14.0 Å². The fraction of sp³-hybridized carbons (Fsp3) is 0.500. The van der Waals surface area contributed by atoms with Crippen LogP contribution in [0.2, 0.25) is 0 Å². The Kier molecular flexibility index (Phi) is 4.44. The number of hydrogen-bond acceptors (Lipinski definition) is 7. The van der Waals surface area contributed by atoms with Crippen molar-refractivity contribution in [3.05, 3.63) is 41.4 Å². The third kappa shape index (κ3) is 3.14. The van der Waals surface area contributed by atoms with Crippen LogP contribution in [-0.4, -0.2) is 52.4 Å². The predicted octanol–water partition coefficient (Wildman–Crippen LogP) is 2.13. The van der Waals surface area contributed by atoms with Crippen molar-refractivity contribution < 1.29 is 33.4 Å². The number of hydrogen-bond donors (Lipinski definition) is 2. The number of cyclic esters (lactones) is 1. The first-order valence-corrected chi connectivity index (χ1v) is 9.72. The summed E-state index contributed by atoms with van der Waals surface area (Å²) in [6.45, 7) is 0.121. The number of halogens is 1. The molecule has 5 atom stereocenters. The number of ether oxygens (including phenoxy) is 2. The average molecular weight is 404 g/mol. The Morgan fingerprint density at radius 2 is 2.14 bits per heavy atom. The number of amides is 1. The quantitative estimate of drug-likeness (QED) is 0.804. The summed E-state index contributed by atoms with van der Waals surface area (Å²) >= 11 is 0. The van der Waals surface area contributed by atoms with E-state index in [2.05, 4.69) is 5.16 Å². The lowest BCUT2D eigenvalue weighted by atomic mass is 9.80. The number of fused-ring (bicyclic) bond motifs is 3. The third-order valence-electron chi connectivity index (χ3n) is 6.13. The molecule has 1 saturated carbocycles. The van der Waals surface area contributed by atoms with Crippen LogP contribution in [0.4, 0.5) is 14.9 Å². The van der Waals surface area contributed by atoms with Crippen LogP contribution in [0.5, 0.6) is 5.88 Å². The van der Waals surface area contributed by atoms with Gasteiger partial charge in [-0.3, -0.25) is 4.90 Å². The average Bonchev–Trinajstić information content (AvgIpc) is 3.40. The molecular weight excluding hydrogens is 383 g/mol. The van der Waals surface area contributed by atoms with Crippen LogP contribution >= 0.6 is 0 Å². The van der Waals surface area contributed by atoms with Crippen LogP contribution in [-0.2, 0) is 11.2 Å². The summed E-state index contributed by atoms with van der Waals surface area (Å²) in [7, 11) is 0. The lowest BCUT2D eigenvalue weighted by molar-refractivity contribution is -0.0152. The summed E-state index contributed by atoms with van der Waals surface area (Å²) in [5, 5.41) is 23.4. The van der Waals surface area contributed by atoms with E-state index in [1.165, 1.54) is 17.2 Å². The number of carbonyl (C=O) groups excluding carboxylic acids is 1. The summed E-state index contributed by atoms with van der Waals surface area (Å²) in [5.41, 5.74) is 1.91. The first kappa shape index (κ1) is 18.4. The van der Waals surface area contributed by atoms with Crippen molar-refractivity contribution in [2.45, 2.75) is 56.0 Å². The molecule has 0 bridgehead atoms. The number of carbonyl (C=O) groups is 1. The molecule has 0 spiro atoms. The second-order valence-electron chi connectivity index (χ2n) is 7.86. The molecule has 1 aliphatic carbocycles. The Bertz CT molecular complexity index is 920. The molecule has 1 aromatic heterocycles. The molecule has 2 aromatic rings. The van der Waals surface area contributed by atoms with Crippen molar-refractivity contribution in [2.75, 3.05) is 11.5 Å². The fourth-order valence-corrected chi connectivity index (χ4v) is 4.62. The van der Waals surface area contributed by atoms with E-state index in [1.54, 1.807) is 12.1 Å². The molecule has 9 heteroatoms. The number of anilines is 1. The lowest BCUT2D eigenvalue weighted by Crippen LogP contribution is -2.36. The smallest absolute Gasteiger partial charge is 0.415 e. The highest BCUT2D eigenvalue weighted by Gasteiger charge is 2.48. The molecule has 0 radical (unpaired) electrons. The van der Waals surface area contributed by atoms with Crippen LogP contribution in [0.3, 0.4) is 0 Å². The molecule has 1 saturated heterocycles. The monoisotopic (exact) mass is 404 g/mol. The Hall–Kier alpha value is -2.65. The van der Waals surface area contributed by atoms with Crippen LogP contribution in [0.25, 0.3) is 0 Å². The van der Waals surface area contributed by atoms with Crippen LogP contribution < -0.4 is 9.64 Å². The van der Waals surface area contributed by atoms with Gasteiger partial charge in [0.15, 0.2) is 6.10 Å². The zero-order chi connectivity index (χ0) is 20.1. The van der Waals surface area contributed by atoms with E-state index in [9.17, 15) is 19.4 Å². The molecule has 154 valence electrons. The van der Waals surface area contributed by atoms with E-state index in [0.717, 1.165) is 5.56 Å². The number of aliphatic hydroxyl groups excluding tert-OH is 2. The maximum atomic E-state index is 14.9. The summed E-state index contributed by atoms with van der Waals surface area (Å²) < 4.78 is 30.6. The topological polar surface area (TPSA) is 105 Å². The van der Waals surface area contributed by atoms with E-state index in [1.807, 2.05) is 0 Å². The van der Waals surface area contributed by atoms with Crippen molar-refractivity contribution in [1.29, 1.82) is 0 Å². The lowest BCUT2D eigenvalue weighted by Gasteiger charge is -2.30. The van der Waals surface area contributed by atoms with E-state index >= 15 is 0 Å². The second-order valence-corrected chi connectivity index (χ2v) is 7.86. The minimum atomic E-state index is -0.849. The highest BCUT2D eigenvalue weighted by molar-refractivity contribution is 5.93. The van der Waals surface area contributed by atoms with E-state index in [0.29, 0.717) is 42.8 Å². The van der Waals surface area contributed by atoms with Gasteiger partial charge < -0.3 is 24.2 Å². The Balaban J connectivity index is 1.36. The van der Waals surface area contributed by atoms with Crippen molar-refractivity contribution in [3.63, 3.8) is 0 Å². The van der Waals surface area contributed by atoms with Gasteiger partial charge in [0.25, 0.3) is 5.88 Å².